The molecule has 168 valence electrons. The van der Waals surface area contributed by atoms with E-state index < -0.39 is 6.04 Å². The maximum absolute atomic E-state index is 13.8. The third-order valence-electron chi connectivity index (χ3n) is 5.83. The fourth-order valence-electron chi connectivity index (χ4n) is 4.17. The molecule has 0 fully saturated rings. The summed E-state index contributed by atoms with van der Waals surface area (Å²) in [5, 5.41) is 0. The molecule has 4 rings (SSSR count). The first-order valence-corrected chi connectivity index (χ1v) is 11.0. The minimum Gasteiger partial charge on any atom is -0.493 e. The molecule has 1 aliphatic heterocycles. The third kappa shape index (κ3) is 4.40. The Morgan fingerprint density at radius 3 is 2.18 bits per heavy atom. The number of amides is 1. The Balaban J connectivity index is 1.90. The lowest BCUT2D eigenvalue weighted by atomic mass is 9.98. The minimum atomic E-state index is -0.704. The molecule has 0 radical (unpaired) electrons. The Labute approximate surface area is 195 Å². The number of hydrogen-bond donors (Lipinski definition) is 0. The summed E-state index contributed by atoms with van der Waals surface area (Å²) in [6.07, 6.45) is 0.573. The largest absolute Gasteiger partial charge is 0.493 e. The third-order valence-corrected chi connectivity index (χ3v) is 5.83. The molecule has 0 aromatic heterocycles. The molecule has 0 saturated carbocycles. The van der Waals surface area contributed by atoms with Crippen molar-refractivity contribution in [3.63, 3.8) is 0 Å². The van der Waals surface area contributed by atoms with Crippen molar-refractivity contribution in [3.05, 3.63) is 102 Å². The molecule has 3 aromatic carbocycles. The lowest BCUT2D eigenvalue weighted by molar-refractivity contribution is -0.118. The second kappa shape index (κ2) is 9.74. The number of rotatable bonds is 7. The quantitative estimate of drug-likeness (QED) is 0.482. The number of anilines is 1. The fraction of sp³-hybridized carbons (Fsp3) is 0.214. The summed E-state index contributed by atoms with van der Waals surface area (Å²) in [5.41, 5.74) is 5.08. The van der Waals surface area contributed by atoms with Crippen LogP contribution in [0.4, 0.5) is 5.69 Å². The molecule has 1 unspecified atom stereocenters. The van der Waals surface area contributed by atoms with E-state index in [1.54, 1.807) is 19.1 Å². The highest BCUT2D eigenvalue weighted by molar-refractivity contribution is 6.21. The van der Waals surface area contributed by atoms with Gasteiger partial charge in [0.15, 0.2) is 17.5 Å². The van der Waals surface area contributed by atoms with Gasteiger partial charge < -0.3 is 14.4 Å². The molecule has 1 atom stereocenters. The number of carbonyl (C=O) groups is 1. The first-order chi connectivity index (χ1) is 16.1. The van der Waals surface area contributed by atoms with Crippen molar-refractivity contribution < 1.29 is 14.3 Å². The second-order valence-corrected chi connectivity index (χ2v) is 7.87. The Kier molecular flexibility index (Phi) is 6.59. The smallest absolute Gasteiger partial charge is 0.256 e. The predicted molar refractivity (Wildman–Crippen MR) is 133 cm³/mol. The van der Waals surface area contributed by atoms with Gasteiger partial charge in [0.2, 0.25) is 0 Å². The van der Waals surface area contributed by atoms with Gasteiger partial charge in [-0.05, 0) is 30.5 Å². The summed E-state index contributed by atoms with van der Waals surface area (Å²) in [4.78, 5) is 20.6. The number of ether oxygens (including phenoxy) is 2. The van der Waals surface area contributed by atoms with E-state index in [9.17, 15) is 4.79 Å². The molecule has 1 amide bonds. The van der Waals surface area contributed by atoms with E-state index in [1.165, 1.54) is 0 Å². The van der Waals surface area contributed by atoms with Gasteiger partial charge in [-0.15, -0.1) is 0 Å². The van der Waals surface area contributed by atoms with Crippen LogP contribution in [0.25, 0.3) is 0 Å². The van der Waals surface area contributed by atoms with Crippen LogP contribution in [0.1, 0.15) is 23.6 Å². The number of benzodiazepines with no additional fused rings is 1. The van der Waals surface area contributed by atoms with Gasteiger partial charge in [-0.1, -0.05) is 67.2 Å². The molecule has 3 aromatic rings. The van der Waals surface area contributed by atoms with Gasteiger partial charge in [0, 0.05) is 23.7 Å². The number of carbonyl (C=O) groups excluding carboxylic acids is 1. The van der Waals surface area contributed by atoms with Crippen molar-refractivity contribution in [2.75, 3.05) is 25.7 Å². The van der Waals surface area contributed by atoms with Crippen molar-refractivity contribution in [1.82, 2.24) is 0 Å². The van der Waals surface area contributed by atoms with E-state index in [1.807, 2.05) is 79.7 Å². The Morgan fingerprint density at radius 2 is 1.58 bits per heavy atom. The van der Waals surface area contributed by atoms with E-state index in [2.05, 4.69) is 6.58 Å². The van der Waals surface area contributed by atoms with Gasteiger partial charge in [0.25, 0.3) is 5.91 Å². The Morgan fingerprint density at radius 1 is 0.970 bits per heavy atom. The van der Waals surface area contributed by atoms with Gasteiger partial charge >= 0.3 is 0 Å². The summed E-state index contributed by atoms with van der Waals surface area (Å²) in [6, 6.07) is 23.0. The zero-order valence-corrected chi connectivity index (χ0v) is 19.2. The van der Waals surface area contributed by atoms with Crippen molar-refractivity contribution >= 4 is 17.3 Å². The number of nitrogens with zero attached hydrogens (tertiary/aromatic N) is 2. The first-order valence-electron chi connectivity index (χ1n) is 11.0. The maximum Gasteiger partial charge on any atom is 0.256 e. The number of benzene rings is 3. The van der Waals surface area contributed by atoms with E-state index >= 15 is 0 Å². The molecular formula is C28H28N2O3. The highest BCUT2D eigenvalue weighted by Crippen LogP contribution is 2.39. The van der Waals surface area contributed by atoms with Gasteiger partial charge in [0.1, 0.15) is 0 Å². The molecule has 1 heterocycles. The molecule has 1 aliphatic rings. The minimum absolute atomic E-state index is 0.0992. The summed E-state index contributed by atoms with van der Waals surface area (Å²) in [7, 11) is 3.20. The van der Waals surface area contributed by atoms with E-state index in [-0.39, 0.29) is 5.91 Å². The maximum atomic E-state index is 13.8. The number of likely N-dealkylation sites (N-methyl/N-ethyl adjacent to an activating group) is 1. The van der Waals surface area contributed by atoms with Crippen LogP contribution in [0.2, 0.25) is 0 Å². The molecule has 5 nitrogen and oxygen atoms in total. The van der Waals surface area contributed by atoms with E-state index in [4.69, 9.17) is 14.5 Å². The van der Waals surface area contributed by atoms with Gasteiger partial charge in [0.05, 0.1) is 25.6 Å². The molecule has 0 N–H and O–H groups in total. The summed E-state index contributed by atoms with van der Waals surface area (Å²) < 4.78 is 11.1. The van der Waals surface area contributed by atoms with Crippen LogP contribution in [0.5, 0.6) is 11.5 Å². The van der Waals surface area contributed by atoms with Crippen molar-refractivity contribution in [2.45, 2.75) is 19.4 Å². The topological polar surface area (TPSA) is 51.1 Å². The zero-order chi connectivity index (χ0) is 23.4. The molecule has 0 saturated heterocycles. The van der Waals surface area contributed by atoms with Crippen LogP contribution in [0, 0.1) is 0 Å². The van der Waals surface area contributed by atoms with Gasteiger partial charge in [-0.25, -0.2) is 0 Å². The molecule has 5 heteroatoms. The molecule has 0 aliphatic carbocycles. The van der Waals surface area contributed by atoms with Crippen LogP contribution in [-0.2, 0) is 11.2 Å². The summed E-state index contributed by atoms with van der Waals surface area (Å²) >= 11 is 0. The highest BCUT2D eigenvalue weighted by Gasteiger charge is 2.34. The second-order valence-electron chi connectivity index (χ2n) is 7.87. The van der Waals surface area contributed by atoms with Crippen LogP contribution in [0.15, 0.2) is 89.9 Å². The Bertz CT molecular complexity index is 1190. The van der Waals surface area contributed by atoms with Crippen LogP contribution in [0.3, 0.4) is 0 Å². The molecule has 33 heavy (non-hydrogen) atoms. The van der Waals surface area contributed by atoms with Crippen molar-refractivity contribution in [2.24, 2.45) is 4.99 Å². The number of fused-ring (bicyclic) bond motifs is 1. The summed E-state index contributed by atoms with van der Waals surface area (Å²) in [5.74, 6) is 1.05. The molecule has 0 bridgehead atoms. The standard InChI is InChI=1S/C28H28N2O3/c1-5-30-23-18-25(33-4)24(32-3)17-22(23)27(21-14-10-7-11-15-21)29-26(28(30)31)19(2)16-20-12-8-6-9-13-20/h6-15,17-18,26H,2,5,16H2,1,3-4H3. The van der Waals surface area contributed by atoms with Crippen LogP contribution in [-0.4, -0.2) is 38.4 Å². The van der Waals surface area contributed by atoms with Crippen LogP contribution < -0.4 is 14.4 Å². The Hall–Kier alpha value is -3.86. The van der Waals surface area contributed by atoms with E-state index in [0.29, 0.717) is 24.5 Å². The van der Waals surface area contributed by atoms with Gasteiger partial charge in [-0.3, -0.25) is 9.79 Å². The summed E-state index contributed by atoms with van der Waals surface area (Å²) in [6.45, 7) is 6.74. The zero-order valence-electron chi connectivity index (χ0n) is 19.2. The monoisotopic (exact) mass is 440 g/mol. The SMILES string of the molecule is C=C(Cc1ccccc1)C1N=C(c2ccccc2)c2cc(OC)c(OC)cc2N(CC)C1=O. The number of hydrogen-bond acceptors (Lipinski definition) is 4. The highest BCUT2D eigenvalue weighted by atomic mass is 16.5. The van der Waals surface area contributed by atoms with Crippen molar-refractivity contribution in [3.8, 4) is 11.5 Å². The van der Waals surface area contributed by atoms with E-state index in [0.717, 1.165) is 33.7 Å². The van der Waals surface area contributed by atoms with Crippen LogP contribution >= 0.6 is 0 Å². The fourth-order valence-corrected chi connectivity index (χ4v) is 4.17. The predicted octanol–water partition coefficient (Wildman–Crippen LogP) is 5.08. The van der Waals surface area contributed by atoms with Gasteiger partial charge in [-0.2, -0.15) is 0 Å². The van der Waals surface area contributed by atoms with Crippen molar-refractivity contribution in [1.29, 1.82) is 0 Å². The lowest BCUT2D eigenvalue weighted by Gasteiger charge is -2.25. The lowest BCUT2D eigenvalue weighted by Crippen LogP contribution is -2.39. The number of methoxy groups -OCH3 is 2. The normalized spacial score (nSPS) is 15.4. The first kappa shape index (κ1) is 22.3. The number of aliphatic imine (C=N–C) groups is 1. The average Bonchev–Trinajstić information content (AvgIpc) is 2.97. The average molecular weight is 441 g/mol. The molecule has 0 spiro atoms. The molecular weight excluding hydrogens is 412 g/mol.